The van der Waals surface area contributed by atoms with Crippen LogP contribution in [0.25, 0.3) is 11.0 Å². The second kappa shape index (κ2) is 9.29. The Kier molecular flexibility index (Phi) is 6.29. The number of amides is 2. The summed E-state index contributed by atoms with van der Waals surface area (Å²) in [6.45, 7) is 0.251. The van der Waals surface area contributed by atoms with E-state index >= 15 is 0 Å². The SMILES string of the molecule is CN(C)CC(=O)Nc1ccc2occ(C(=O)Nc3ncc(Cc4ccc(F)cc4)s3)c2c1. The molecular formula is C23H21FN4O3S. The third-order valence-corrected chi connectivity index (χ3v) is 5.54. The molecule has 4 rings (SSSR count). The van der Waals surface area contributed by atoms with Crippen molar-refractivity contribution >= 4 is 44.9 Å². The zero-order chi connectivity index (χ0) is 22.7. The van der Waals surface area contributed by atoms with Crippen LogP contribution >= 0.6 is 11.3 Å². The third kappa shape index (κ3) is 5.19. The van der Waals surface area contributed by atoms with Crippen molar-refractivity contribution in [2.75, 3.05) is 31.3 Å². The highest BCUT2D eigenvalue weighted by Crippen LogP contribution is 2.27. The van der Waals surface area contributed by atoms with Gasteiger partial charge in [0.2, 0.25) is 5.91 Å². The number of hydrogen-bond donors (Lipinski definition) is 2. The number of rotatable bonds is 7. The summed E-state index contributed by atoms with van der Waals surface area (Å²) in [5, 5.41) is 6.65. The average Bonchev–Trinajstić information content (AvgIpc) is 3.35. The Balaban J connectivity index is 1.46. The molecule has 0 saturated heterocycles. The number of nitrogens with one attached hydrogen (secondary N) is 2. The summed E-state index contributed by atoms with van der Waals surface area (Å²) < 4.78 is 18.6. The van der Waals surface area contributed by atoms with Crippen LogP contribution in [0.15, 0.2) is 59.3 Å². The van der Waals surface area contributed by atoms with Crippen molar-refractivity contribution in [3.05, 3.63) is 76.7 Å². The van der Waals surface area contributed by atoms with Crippen molar-refractivity contribution in [2.45, 2.75) is 6.42 Å². The number of likely N-dealkylation sites (N-methyl/N-ethyl adjacent to an activating group) is 1. The van der Waals surface area contributed by atoms with E-state index < -0.39 is 0 Å². The van der Waals surface area contributed by atoms with Crippen LogP contribution in [0.4, 0.5) is 15.2 Å². The van der Waals surface area contributed by atoms with Crippen LogP contribution in [0.3, 0.4) is 0 Å². The average molecular weight is 453 g/mol. The predicted octanol–water partition coefficient (Wildman–Crippen LogP) is 4.37. The summed E-state index contributed by atoms with van der Waals surface area (Å²) in [7, 11) is 3.62. The molecular weight excluding hydrogens is 431 g/mol. The molecule has 0 unspecified atom stereocenters. The number of carbonyl (C=O) groups excluding carboxylic acids is 2. The highest BCUT2D eigenvalue weighted by Gasteiger charge is 2.17. The van der Waals surface area contributed by atoms with Crippen LogP contribution in [0.2, 0.25) is 0 Å². The first kappa shape index (κ1) is 21.7. The summed E-state index contributed by atoms with van der Waals surface area (Å²) in [5.74, 6) is -0.790. The lowest BCUT2D eigenvalue weighted by atomic mass is 10.1. The summed E-state index contributed by atoms with van der Waals surface area (Å²) in [5.41, 5.74) is 2.42. The predicted molar refractivity (Wildman–Crippen MR) is 123 cm³/mol. The second-order valence-electron chi connectivity index (χ2n) is 7.54. The third-order valence-electron chi connectivity index (χ3n) is 4.63. The molecule has 0 atom stereocenters. The summed E-state index contributed by atoms with van der Waals surface area (Å²) >= 11 is 1.35. The van der Waals surface area contributed by atoms with Crippen molar-refractivity contribution in [3.8, 4) is 0 Å². The van der Waals surface area contributed by atoms with Crippen molar-refractivity contribution in [1.82, 2.24) is 9.88 Å². The van der Waals surface area contributed by atoms with E-state index in [1.54, 1.807) is 41.4 Å². The quantitative estimate of drug-likeness (QED) is 0.435. The van der Waals surface area contributed by atoms with Gasteiger partial charge in [-0.25, -0.2) is 9.37 Å². The smallest absolute Gasteiger partial charge is 0.261 e. The number of halogens is 1. The van der Waals surface area contributed by atoms with Gasteiger partial charge in [-0.05, 0) is 50.0 Å². The molecule has 0 bridgehead atoms. The Morgan fingerprint density at radius 1 is 1.12 bits per heavy atom. The Bertz CT molecular complexity index is 1260. The number of hydrogen-bond acceptors (Lipinski definition) is 6. The number of thiazole rings is 1. The number of anilines is 2. The molecule has 0 saturated carbocycles. The van der Waals surface area contributed by atoms with E-state index in [-0.39, 0.29) is 24.2 Å². The lowest BCUT2D eigenvalue weighted by molar-refractivity contribution is -0.116. The van der Waals surface area contributed by atoms with Gasteiger partial charge < -0.3 is 14.6 Å². The number of aromatic nitrogens is 1. The van der Waals surface area contributed by atoms with Gasteiger partial charge in [0.05, 0.1) is 12.1 Å². The molecule has 32 heavy (non-hydrogen) atoms. The zero-order valence-corrected chi connectivity index (χ0v) is 18.3. The molecule has 2 aromatic heterocycles. The van der Waals surface area contributed by atoms with Crippen molar-refractivity contribution in [1.29, 1.82) is 0 Å². The fraction of sp³-hybridized carbons (Fsp3) is 0.174. The molecule has 0 aliphatic carbocycles. The van der Waals surface area contributed by atoms with Gasteiger partial charge in [-0.1, -0.05) is 12.1 Å². The topological polar surface area (TPSA) is 87.5 Å². The van der Waals surface area contributed by atoms with Gasteiger partial charge in [0.15, 0.2) is 5.13 Å². The van der Waals surface area contributed by atoms with E-state index in [0.29, 0.717) is 33.8 Å². The zero-order valence-electron chi connectivity index (χ0n) is 17.5. The van der Waals surface area contributed by atoms with Gasteiger partial charge in [-0.15, -0.1) is 11.3 Å². The van der Waals surface area contributed by atoms with E-state index in [4.69, 9.17) is 4.42 Å². The molecule has 164 valence electrons. The van der Waals surface area contributed by atoms with Gasteiger partial charge in [-0.2, -0.15) is 0 Å². The minimum absolute atomic E-state index is 0.152. The molecule has 9 heteroatoms. The Morgan fingerprint density at radius 2 is 1.91 bits per heavy atom. The summed E-state index contributed by atoms with van der Waals surface area (Å²) in [6, 6.07) is 11.4. The molecule has 7 nitrogen and oxygen atoms in total. The second-order valence-corrected chi connectivity index (χ2v) is 8.65. The summed E-state index contributed by atoms with van der Waals surface area (Å²) in [4.78, 5) is 31.8. The molecule has 2 heterocycles. The van der Waals surface area contributed by atoms with Crippen LogP contribution in [0, 0.1) is 5.82 Å². The van der Waals surface area contributed by atoms with Crippen molar-refractivity contribution in [3.63, 3.8) is 0 Å². The van der Waals surface area contributed by atoms with Gasteiger partial charge in [0, 0.05) is 28.6 Å². The molecule has 4 aromatic rings. The molecule has 2 N–H and O–H groups in total. The lowest BCUT2D eigenvalue weighted by Crippen LogP contribution is -2.27. The molecule has 0 radical (unpaired) electrons. The lowest BCUT2D eigenvalue weighted by Gasteiger charge is -2.10. The van der Waals surface area contributed by atoms with Gasteiger partial charge in [-0.3, -0.25) is 14.9 Å². The van der Waals surface area contributed by atoms with Gasteiger partial charge >= 0.3 is 0 Å². The van der Waals surface area contributed by atoms with Crippen LogP contribution < -0.4 is 10.6 Å². The van der Waals surface area contributed by atoms with Crippen molar-refractivity contribution in [2.24, 2.45) is 0 Å². The monoisotopic (exact) mass is 452 g/mol. The molecule has 2 aromatic carbocycles. The first-order chi connectivity index (χ1) is 15.4. The standard InChI is InChI=1S/C23H21FN4O3S/c1-28(2)12-21(29)26-16-7-8-20-18(10-16)19(13-31-20)22(30)27-23-25-11-17(32-23)9-14-3-5-15(24)6-4-14/h3-8,10-11,13H,9,12H2,1-2H3,(H,26,29)(H,25,27,30). The Morgan fingerprint density at radius 3 is 2.66 bits per heavy atom. The number of fused-ring (bicyclic) bond motifs is 1. The molecule has 0 aliphatic rings. The van der Waals surface area contributed by atoms with Crippen LogP contribution in [0.5, 0.6) is 0 Å². The highest BCUT2D eigenvalue weighted by atomic mass is 32.1. The molecule has 2 amide bonds. The Labute approximate surface area is 187 Å². The minimum Gasteiger partial charge on any atom is -0.463 e. The maximum absolute atomic E-state index is 13.1. The van der Waals surface area contributed by atoms with E-state index in [9.17, 15) is 14.0 Å². The Hall–Kier alpha value is -3.56. The van der Waals surface area contributed by atoms with E-state index in [0.717, 1.165) is 10.4 Å². The first-order valence-electron chi connectivity index (χ1n) is 9.84. The van der Waals surface area contributed by atoms with Gasteiger partial charge in [0.25, 0.3) is 5.91 Å². The number of carbonyl (C=O) groups is 2. The van der Waals surface area contributed by atoms with Gasteiger partial charge in [0.1, 0.15) is 17.7 Å². The fourth-order valence-electron chi connectivity index (χ4n) is 3.19. The fourth-order valence-corrected chi connectivity index (χ4v) is 4.03. The number of nitrogens with zero attached hydrogens (tertiary/aromatic N) is 2. The minimum atomic E-state index is -0.358. The summed E-state index contributed by atoms with van der Waals surface area (Å²) in [6.07, 6.45) is 3.67. The molecule has 0 spiro atoms. The van der Waals surface area contributed by atoms with Crippen LogP contribution in [-0.2, 0) is 11.2 Å². The molecule has 0 fully saturated rings. The molecule has 0 aliphatic heterocycles. The van der Waals surface area contributed by atoms with Crippen molar-refractivity contribution < 1.29 is 18.4 Å². The number of furan rings is 1. The van der Waals surface area contributed by atoms with E-state index in [1.165, 1.54) is 29.7 Å². The largest absolute Gasteiger partial charge is 0.463 e. The maximum atomic E-state index is 13.1. The maximum Gasteiger partial charge on any atom is 0.261 e. The first-order valence-corrected chi connectivity index (χ1v) is 10.7. The van der Waals surface area contributed by atoms with Crippen LogP contribution in [-0.4, -0.2) is 42.3 Å². The normalized spacial score (nSPS) is 11.1. The highest BCUT2D eigenvalue weighted by molar-refractivity contribution is 7.15. The van der Waals surface area contributed by atoms with Crippen LogP contribution in [0.1, 0.15) is 20.8 Å². The number of benzene rings is 2. The van der Waals surface area contributed by atoms with E-state index in [2.05, 4.69) is 15.6 Å². The van der Waals surface area contributed by atoms with E-state index in [1.807, 2.05) is 14.1 Å².